The van der Waals surface area contributed by atoms with Crippen LogP contribution in [0.1, 0.15) is 45.5 Å². The summed E-state index contributed by atoms with van der Waals surface area (Å²) < 4.78 is 1.86. The number of rotatable bonds is 5. The number of fused-ring (bicyclic) bond motifs is 5. The maximum atomic E-state index is 13.3. The van der Waals surface area contributed by atoms with Crippen molar-refractivity contribution in [2.24, 2.45) is 0 Å². The zero-order chi connectivity index (χ0) is 21.0. The third-order valence-electron chi connectivity index (χ3n) is 6.39. The predicted molar refractivity (Wildman–Crippen MR) is 117 cm³/mol. The van der Waals surface area contributed by atoms with Crippen molar-refractivity contribution in [2.75, 3.05) is 26.7 Å². The van der Waals surface area contributed by atoms with Crippen molar-refractivity contribution < 1.29 is 14.7 Å². The monoisotopic (exact) mass is 403 g/mol. The number of aromatic nitrogens is 1. The van der Waals surface area contributed by atoms with Crippen molar-refractivity contribution in [3.8, 4) is 0 Å². The molecule has 1 aliphatic heterocycles. The van der Waals surface area contributed by atoms with Crippen LogP contribution in [0.15, 0.2) is 43.0 Å². The molecular formula is C24H25N3O3. The summed E-state index contributed by atoms with van der Waals surface area (Å²) in [5, 5.41) is 13.2. The van der Waals surface area contributed by atoms with E-state index in [2.05, 4.69) is 11.5 Å². The van der Waals surface area contributed by atoms with Gasteiger partial charge in [0.25, 0.3) is 5.91 Å². The number of para-hydroxylation sites is 1. The van der Waals surface area contributed by atoms with Crippen molar-refractivity contribution in [3.63, 3.8) is 0 Å². The van der Waals surface area contributed by atoms with E-state index in [1.54, 1.807) is 0 Å². The summed E-state index contributed by atoms with van der Waals surface area (Å²) in [4.78, 5) is 29.3. The van der Waals surface area contributed by atoms with Gasteiger partial charge in [0.05, 0.1) is 16.6 Å². The number of carbonyl (C=O) groups is 2. The molecule has 0 spiro atoms. The number of ketones is 1. The standard InChI is InChI=1S/C24H25N3O3/c1-3-12-25(2)13-14-26-23(29)18-8-4-7-17-21-16-6-5-9-20(28)15(16)10-11-19(21)27(22(17)18)24(26)30/h3-4,7-8,10-11,24,30H,1,5-6,9,12-14H2,2H3. The first kappa shape index (κ1) is 19.0. The van der Waals surface area contributed by atoms with Gasteiger partial charge in [-0.2, -0.15) is 0 Å². The highest BCUT2D eigenvalue weighted by atomic mass is 16.3. The van der Waals surface area contributed by atoms with E-state index in [1.165, 1.54) is 4.90 Å². The van der Waals surface area contributed by atoms with Crippen LogP contribution >= 0.6 is 0 Å². The predicted octanol–water partition coefficient (Wildman–Crippen LogP) is 3.34. The first-order valence-corrected chi connectivity index (χ1v) is 10.4. The van der Waals surface area contributed by atoms with E-state index in [1.807, 2.05) is 48.0 Å². The molecule has 6 nitrogen and oxygen atoms in total. The molecule has 1 N–H and O–H groups in total. The zero-order valence-electron chi connectivity index (χ0n) is 17.1. The first-order chi connectivity index (χ1) is 14.5. The topological polar surface area (TPSA) is 65.8 Å². The Bertz CT molecular complexity index is 1210. The highest BCUT2D eigenvalue weighted by Crippen LogP contribution is 2.41. The van der Waals surface area contributed by atoms with Gasteiger partial charge in [0.15, 0.2) is 5.78 Å². The van der Waals surface area contributed by atoms with Crippen molar-refractivity contribution >= 4 is 33.5 Å². The Kier molecular flexibility index (Phi) is 4.49. The Labute approximate surface area is 175 Å². The van der Waals surface area contributed by atoms with Gasteiger partial charge in [-0.1, -0.05) is 18.2 Å². The number of aryl methyl sites for hydroxylation is 1. The number of nitrogens with zero attached hydrogens (tertiary/aromatic N) is 3. The van der Waals surface area contributed by atoms with Crippen LogP contribution in [0.5, 0.6) is 0 Å². The summed E-state index contributed by atoms with van der Waals surface area (Å²) in [5.41, 5.74) is 4.04. The number of carbonyl (C=O) groups excluding carboxylic acids is 2. The van der Waals surface area contributed by atoms with Crippen molar-refractivity contribution in [1.29, 1.82) is 0 Å². The SMILES string of the molecule is C=CCN(C)CCN1C(=O)c2cccc3c4c5c(ccc4n(c23)C1O)C(=O)CCC5. The van der Waals surface area contributed by atoms with E-state index in [0.29, 0.717) is 31.6 Å². The van der Waals surface area contributed by atoms with Gasteiger partial charge < -0.3 is 10.0 Å². The molecule has 6 heteroatoms. The number of amides is 1. The number of aliphatic hydroxyl groups excluding tert-OH is 1. The Morgan fingerprint density at radius 1 is 1.20 bits per heavy atom. The van der Waals surface area contributed by atoms with Gasteiger partial charge in [-0.25, -0.2) is 0 Å². The molecule has 0 fully saturated rings. The van der Waals surface area contributed by atoms with E-state index in [-0.39, 0.29) is 11.7 Å². The molecule has 0 bridgehead atoms. The van der Waals surface area contributed by atoms with Crippen molar-refractivity contribution in [2.45, 2.75) is 25.6 Å². The highest BCUT2D eigenvalue weighted by molar-refractivity contribution is 6.19. The summed E-state index contributed by atoms with van der Waals surface area (Å²) in [6.07, 6.45) is 2.98. The van der Waals surface area contributed by atoms with E-state index in [9.17, 15) is 14.7 Å². The Morgan fingerprint density at radius 3 is 2.83 bits per heavy atom. The normalized spacial score (nSPS) is 18.5. The lowest BCUT2D eigenvalue weighted by Crippen LogP contribution is -2.44. The van der Waals surface area contributed by atoms with Crippen LogP contribution in [0.3, 0.4) is 0 Å². The number of hydrogen-bond donors (Lipinski definition) is 1. The molecule has 1 unspecified atom stereocenters. The maximum Gasteiger partial charge on any atom is 0.259 e. The third-order valence-corrected chi connectivity index (χ3v) is 6.39. The van der Waals surface area contributed by atoms with Crippen LogP contribution in [0.25, 0.3) is 21.8 Å². The summed E-state index contributed by atoms with van der Waals surface area (Å²) in [6, 6.07) is 9.51. The molecule has 5 rings (SSSR count). The molecule has 1 aromatic heterocycles. The molecular weight excluding hydrogens is 378 g/mol. The van der Waals surface area contributed by atoms with Crippen LogP contribution < -0.4 is 0 Å². The molecule has 154 valence electrons. The van der Waals surface area contributed by atoms with Crippen LogP contribution in [0, 0.1) is 0 Å². The van der Waals surface area contributed by atoms with Gasteiger partial charge in [-0.05, 0) is 43.7 Å². The van der Waals surface area contributed by atoms with E-state index in [0.717, 1.165) is 45.8 Å². The fraction of sp³-hybridized carbons (Fsp3) is 0.333. The average molecular weight is 403 g/mol. The number of likely N-dealkylation sites (N-methyl/N-ethyl adjacent to an activating group) is 1. The van der Waals surface area contributed by atoms with Gasteiger partial charge in [-0.15, -0.1) is 6.58 Å². The number of aliphatic hydroxyl groups is 1. The summed E-state index contributed by atoms with van der Waals surface area (Å²) in [6.45, 7) is 5.50. The molecule has 1 amide bonds. The van der Waals surface area contributed by atoms with Crippen molar-refractivity contribution in [3.05, 3.63) is 59.7 Å². The Balaban J connectivity index is 1.70. The fourth-order valence-corrected chi connectivity index (χ4v) is 4.96. The molecule has 2 aromatic carbocycles. The Morgan fingerprint density at radius 2 is 2.03 bits per heavy atom. The van der Waals surface area contributed by atoms with Gasteiger partial charge in [-0.3, -0.25) is 19.1 Å². The smallest absolute Gasteiger partial charge is 0.259 e. The second-order valence-electron chi connectivity index (χ2n) is 8.23. The lowest BCUT2D eigenvalue weighted by Gasteiger charge is -2.35. The molecule has 0 saturated carbocycles. The highest BCUT2D eigenvalue weighted by Gasteiger charge is 2.35. The Hall–Kier alpha value is -2.96. The second kappa shape index (κ2) is 7.07. The zero-order valence-corrected chi connectivity index (χ0v) is 17.1. The van der Waals surface area contributed by atoms with Gasteiger partial charge in [0.1, 0.15) is 0 Å². The largest absolute Gasteiger partial charge is 0.356 e. The lowest BCUT2D eigenvalue weighted by atomic mass is 9.87. The van der Waals surface area contributed by atoms with Crippen molar-refractivity contribution in [1.82, 2.24) is 14.4 Å². The molecule has 1 aliphatic carbocycles. The minimum absolute atomic E-state index is 0.166. The van der Waals surface area contributed by atoms with Gasteiger partial charge in [0, 0.05) is 42.4 Å². The van der Waals surface area contributed by atoms with E-state index in [4.69, 9.17) is 0 Å². The summed E-state index contributed by atoms with van der Waals surface area (Å²) >= 11 is 0. The second-order valence-corrected chi connectivity index (χ2v) is 8.23. The van der Waals surface area contributed by atoms with Crippen LogP contribution in [-0.4, -0.2) is 57.8 Å². The molecule has 0 radical (unpaired) electrons. The number of benzene rings is 2. The molecule has 2 aliphatic rings. The summed E-state index contributed by atoms with van der Waals surface area (Å²) in [5.74, 6) is 0.00827. The fourth-order valence-electron chi connectivity index (χ4n) is 4.96. The minimum atomic E-state index is -1.08. The number of Topliss-reactive ketones (excluding diaryl/α,β-unsaturated/α-hetero) is 1. The molecule has 30 heavy (non-hydrogen) atoms. The van der Waals surface area contributed by atoms with E-state index < -0.39 is 6.35 Å². The molecule has 3 aromatic rings. The average Bonchev–Trinajstić information content (AvgIpc) is 3.08. The summed E-state index contributed by atoms with van der Waals surface area (Å²) in [7, 11) is 1.96. The first-order valence-electron chi connectivity index (χ1n) is 10.4. The van der Waals surface area contributed by atoms with Crippen LogP contribution in [-0.2, 0) is 6.42 Å². The minimum Gasteiger partial charge on any atom is -0.356 e. The van der Waals surface area contributed by atoms with Crippen LogP contribution in [0.4, 0.5) is 0 Å². The lowest BCUT2D eigenvalue weighted by molar-refractivity contribution is -0.0384. The molecule has 1 atom stereocenters. The van der Waals surface area contributed by atoms with Crippen LogP contribution in [0.2, 0.25) is 0 Å². The maximum absolute atomic E-state index is 13.3. The molecule has 0 saturated heterocycles. The number of hydrogen-bond acceptors (Lipinski definition) is 4. The van der Waals surface area contributed by atoms with Gasteiger partial charge >= 0.3 is 0 Å². The van der Waals surface area contributed by atoms with E-state index >= 15 is 0 Å². The van der Waals surface area contributed by atoms with Gasteiger partial charge in [0.2, 0.25) is 6.35 Å². The quantitative estimate of drug-likeness (QED) is 0.664. The third kappa shape index (κ3) is 2.64. The molecule has 2 heterocycles.